The molecule has 0 spiro atoms. The van der Waals surface area contributed by atoms with Crippen molar-refractivity contribution in [3.8, 4) is 5.75 Å². The number of nitrogens with one attached hydrogen (secondary N) is 1. The lowest BCUT2D eigenvalue weighted by Gasteiger charge is -2.14. The van der Waals surface area contributed by atoms with Crippen LogP contribution in [0.15, 0.2) is 18.3 Å². The fourth-order valence-electron chi connectivity index (χ4n) is 1.40. The molecule has 19 heavy (non-hydrogen) atoms. The quantitative estimate of drug-likeness (QED) is 0.708. The van der Waals surface area contributed by atoms with Gasteiger partial charge in [-0.3, -0.25) is 4.98 Å². The Labute approximate surface area is 115 Å². The van der Waals surface area contributed by atoms with Crippen molar-refractivity contribution in [2.45, 2.75) is 39.5 Å². The van der Waals surface area contributed by atoms with Gasteiger partial charge in [0.1, 0.15) is 18.5 Å². The molecule has 0 aliphatic carbocycles. The molecule has 2 N–H and O–H groups in total. The summed E-state index contributed by atoms with van der Waals surface area (Å²) in [6.45, 7) is 8.08. The summed E-state index contributed by atoms with van der Waals surface area (Å²) in [6.07, 6.45) is 1.16. The summed E-state index contributed by atoms with van der Waals surface area (Å²) in [5, 5.41) is 12.9. The predicted octanol–water partition coefficient (Wildman–Crippen LogP) is 1.36. The zero-order valence-corrected chi connectivity index (χ0v) is 11.9. The van der Waals surface area contributed by atoms with E-state index in [4.69, 9.17) is 9.47 Å². The van der Waals surface area contributed by atoms with E-state index in [0.29, 0.717) is 5.75 Å². The fourth-order valence-corrected chi connectivity index (χ4v) is 1.40. The van der Waals surface area contributed by atoms with Gasteiger partial charge in [-0.25, -0.2) is 0 Å². The number of aliphatic hydroxyl groups excluding tert-OH is 1. The summed E-state index contributed by atoms with van der Waals surface area (Å²) < 4.78 is 10.7. The van der Waals surface area contributed by atoms with Crippen molar-refractivity contribution in [1.82, 2.24) is 10.3 Å². The van der Waals surface area contributed by atoms with Gasteiger partial charge in [0.15, 0.2) is 0 Å². The Balaban J connectivity index is 2.29. The average molecular weight is 268 g/mol. The molecule has 0 aliphatic heterocycles. The van der Waals surface area contributed by atoms with Crippen LogP contribution in [-0.4, -0.2) is 42.1 Å². The number of hydrogen-bond acceptors (Lipinski definition) is 5. The minimum Gasteiger partial charge on any atom is -0.489 e. The highest BCUT2D eigenvalue weighted by Crippen LogP contribution is 2.09. The molecule has 1 atom stereocenters. The first-order valence-electron chi connectivity index (χ1n) is 6.70. The Hall–Kier alpha value is -1.17. The molecule has 1 aromatic heterocycles. The molecule has 0 aliphatic rings. The zero-order valence-electron chi connectivity index (χ0n) is 11.9. The van der Waals surface area contributed by atoms with Gasteiger partial charge >= 0.3 is 0 Å². The van der Waals surface area contributed by atoms with Gasteiger partial charge in [0.2, 0.25) is 0 Å². The van der Waals surface area contributed by atoms with Gasteiger partial charge in [-0.15, -0.1) is 0 Å². The lowest BCUT2D eigenvalue weighted by Crippen LogP contribution is -2.25. The maximum absolute atomic E-state index is 9.65. The van der Waals surface area contributed by atoms with E-state index in [0.717, 1.165) is 18.8 Å². The van der Waals surface area contributed by atoms with Gasteiger partial charge < -0.3 is 19.9 Å². The van der Waals surface area contributed by atoms with Gasteiger partial charge in [0.05, 0.1) is 24.6 Å². The third-order valence-corrected chi connectivity index (χ3v) is 2.42. The van der Waals surface area contributed by atoms with Crippen LogP contribution in [0.2, 0.25) is 0 Å². The summed E-state index contributed by atoms with van der Waals surface area (Å²) in [4.78, 5) is 4.27. The second-order valence-electron chi connectivity index (χ2n) is 4.61. The van der Waals surface area contributed by atoms with Crippen molar-refractivity contribution in [2.24, 2.45) is 0 Å². The van der Waals surface area contributed by atoms with Gasteiger partial charge in [0, 0.05) is 6.54 Å². The molecule has 0 saturated carbocycles. The second kappa shape index (κ2) is 8.85. The molecule has 0 aromatic carbocycles. The number of ether oxygens (including phenoxy) is 2. The highest BCUT2D eigenvalue weighted by atomic mass is 16.5. The molecule has 1 aromatic rings. The number of aromatic nitrogens is 1. The molecule has 1 heterocycles. The van der Waals surface area contributed by atoms with Crippen LogP contribution < -0.4 is 10.1 Å². The maximum Gasteiger partial charge on any atom is 0.137 e. The van der Waals surface area contributed by atoms with Crippen molar-refractivity contribution in [3.05, 3.63) is 24.0 Å². The average Bonchev–Trinajstić information content (AvgIpc) is 2.41. The Morgan fingerprint density at radius 1 is 1.32 bits per heavy atom. The predicted molar refractivity (Wildman–Crippen MR) is 74.2 cm³/mol. The van der Waals surface area contributed by atoms with Crippen molar-refractivity contribution in [3.63, 3.8) is 0 Å². The Morgan fingerprint density at radius 3 is 2.68 bits per heavy atom. The Morgan fingerprint density at radius 2 is 2.11 bits per heavy atom. The lowest BCUT2D eigenvalue weighted by atomic mass is 10.3. The second-order valence-corrected chi connectivity index (χ2v) is 4.61. The summed E-state index contributed by atoms with van der Waals surface area (Å²) in [5.74, 6) is 0.656. The fraction of sp³-hybridized carbons (Fsp3) is 0.643. The molecule has 0 bridgehead atoms. The first kappa shape index (κ1) is 15.9. The van der Waals surface area contributed by atoms with E-state index in [1.165, 1.54) is 0 Å². The number of nitrogens with zero attached hydrogens (tertiary/aromatic N) is 1. The van der Waals surface area contributed by atoms with Crippen LogP contribution in [-0.2, 0) is 11.3 Å². The van der Waals surface area contributed by atoms with Gasteiger partial charge in [0.25, 0.3) is 0 Å². The highest BCUT2D eigenvalue weighted by Gasteiger charge is 2.07. The van der Waals surface area contributed by atoms with Crippen molar-refractivity contribution < 1.29 is 14.6 Å². The number of hydrogen-bond donors (Lipinski definition) is 2. The molecule has 0 fully saturated rings. The Kier molecular flexibility index (Phi) is 7.40. The van der Waals surface area contributed by atoms with Crippen molar-refractivity contribution in [1.29, 1.82) is 0 Å². The van der Waals surface area contributed by atoms with E-state index in [9.17, 15) is 5.11 Å². The third kappa shape index (κ3) is 7.10. The highest BCUT2D eigenvalue weighted by molar-refractivity contribution is 5.19. The van der Waals surface area contributed by atoms with Crippen molar-refractivity contribution >= 4 is 0 Å². The molecule has 0 saturated heterocycles. The standard InChI is InChI=1S/C14H24N2O3/c1-4-15-7-12-5-6-14(8-16-12)19-10-13(17)9-18-11(2)3/h5-6,8,11,13,15,17H,4,7,9-10H2,1-3H3. The molecule has 1 unspecified atom stereocenters. The van der Waals surface area contributed by atoms with Crippen LogP contribution in [0.4, 0.5) is 0 Å². The lowest BCUT2D eigenvalue weighted by molar-refractivity contribution is -0.0123. The normalized spacial score (nSPS) is 12.7. The maximum atomic E-state index is 9.65. The third-order valence-electron chi connectivity index (χ3n) is 2.42. The molecular formula is C14H24N2O3. The van der Waals surface area contributed by atoms with E-state index >= 15 is 0 Å². The van der Waals surface area contributed by atoms with Crippen LogP contribution in [0.3, 0.4) is 0 Å². The van der Waals surface area contributed by atoms with E-state index in [1.54, 1.807) is 6.20 Å². The molecule has 0 amide bonds. The number of aliphatic hydroxyl groups is 1. The van der Waals surface area contributed by atoms with Crippen molar-refractivity contribution in [2.75, 3.05) is 19.8 Å². The summed E-state index contributed by atoms with van der Waals surface area (Å²) in [6, 6.07) is 3.77. The molecule has 0 radical (unpaired) electrons. The number of rotatable bonds is 9. The molecule has 5 heteroatoms. The van der Waals surface area contributed by atoms with Gasteiger partial charge in [-0.1, -0.05) is 6.92 Å². The molecular weight excluding hydrogens is 244 g/mol. The van der Waals surface area contributed by atoms with E-state index < -0.39 is 6.10 Å². The largest absolute Gasteiger partial charge is 0.489 e. The molecule has 1 rings (SSSR count). The summed E-state index contributed by atoms with van der Waals surface area (Å²) in [5.41, 5.74) is 0.970. The monoisotopic (exact) mass is 268 g/mol. The van der Waals surface area contributed by atoms with Gasteiger partial charge in [-0.05, 0) is 32.5 Å². The summed E-state index contributed by atoms with van der Waals surface area (Å²) in [7, 11) is 0. The first-order chi connectivity index (χ1) is 9.11. The smallest absolute Gasteiger partial charge is 0.137 e. The van der Waals surface area contributed by atoms with Gasteiger partial charge in [-0.2, -0.15) is 0 Å². The van der Waals surface area contributed by atoms with E-state index in [-0.39, 0.29) is 19.3 Å². The van der Waals surface area contributed by atoms with Crippen LogP contribution >= 0.6 is 0 Å². The molecule has 5 nitrogen and oxygen atoms in total. The van der Waals surface area contributed by atoms with Crippen LogP contribution in [0.25, 0.3) is 0 Å². The van der Waals surface area contributed by atoms with E-state index in [2.05, 4.69) is 17.2 Å². The minimum atomic E-state index is -0.621. The Bertz CT molecular complexity index is 341. The summed E-state index contributed by atoms with van der Waals surface area (Å²) >= 11 is 0. The minimum absolute atomic E-state index is 0.113. The zero-order chi connectivity index (χ0) is 14.1. The van der Waals surface area contributed by atoms with E-state index in [1.807, 2.05) is 26.0 Å². The molecule has 108 valence electrons. The van der Waals surface area contributed by atoms with Crippen LogP contribution in [0.5, 0.6) is 5.75 Å². The van der Waals surface area contributed by atoms with Crippen LogP contribution in [0, 0.1) is 0 Å². The van der Waals surface area contributed by atoms with Crippen LogP contribution in [0.1, 0.15) is 26.5 Å². The number of pyridine rings is 1. The topological polar surface area (TPSA) is 63.6 Å². The first-order valence-corrected chi connectivity index (χ1v) is 6.70. The SMILES string of the molecule is CCNCc1ccc(OCC(O)COC(C)C)cn1.